The summed E-state index contributed by atoms with van der Waals surface area (Å²) in [4.78, 5) is 20.9. The van der Waals surface area contributed by atoms with E-state index in [1.807, 2.05) is 24.1 Å². The first-order valence-electron chi connectivity index (χ1n) is 13.5. The standard InChI is InChI=1S/C27H38N8/c1-32-25-23(6-7-24(30-25)34-12-4-2-3-5-13-34)26(31-32)35-16-10-27(11-17-35)8-14-33(15-9-27)20-22-18-28-21-29-19-22/h6-7,18-19,21H,2-5,8-17,20H2,1H3. The first kappa shape index (κ1) is 22.7. The van der Waals surface area contributed by atoms with E-state index in [0.717, 1.165) is 50.0 Å². The molecule has 0 saturated carbocycles. The molecule has 0 radical (unpaired) electrons. The number of likely N-dealkylation sites (tertiary alicyclic amines) is 1. The monoisotopic (exact) mass is 474 g/mol. The average molecular weight is 475 g/mol. The Morgan fingerprint density at radius 2 is 1.49 bits per heavy atom. The Kier molecular flexibility index (Phi) is 6.31. The number of pyridine rings is 1. The molecule has 8 nitrogen and oxygen atoms in total. The van der Waals surface area contributed by atoms with E-state index in [1.165, 1.54) is 75.4 Å². The maximum atomic E-state index is 5.07. The van der Waals surface area contributed by atoms with Gasteiger partial charge in [-0.1, -0.05) is 12.8 Å². The molecule has 3 aromatic rings. The van der Waals surface area contributed by atoms with Gasteiger partial charge in [-0.2, -0.15) is 5.10 Å². The van der Waals surface area contributed by atoms with Crippen LogP contribution in [0.1, 0.15) is 56.9 Å². The minimum Gasteiger partial charge on any atom is -0.357 e. The van der Waals surface area contributed by atoms with Gasteiger partial charge < -0.3 is 9.80 Å². The van der Waals surface area contributed by atoms with Gasteiger partial charge in [-0.15, -0.1) is 0 Å². The van der Waals surface area contributed by atoms with Crippen molar-refractivity contribution in [3.8, 4) is 0 Å². The zero-order valence-corrected chi connectivity index (χ0v) is 21.1. The van der Waals surface area contributed by atoms with Crippen molar-refractivity contribution in [2.75, 3.05) is 49.1 Å². The van der Waals surface area contributed by atoms with Crippen LogP contribution in [0, 0.1) is 5.41 Å². The molecule has 6 heterocycles. The van der Waals surface area contributed by atoms with E-state index in [2.05, 4.69) is 36.8 Å². The Labute approximate surface area is 208 Å². The molecular weight excluding hydrogens is 436 g/mol. The van der Waals surface area contributed by atoms with Crippen LogP contribution < -0.4 is 9.80 Å². The summed E-state index contributed by atoms with van der Waals surface area (Å²) < 4.78 is 1.99. The molecule has 3 saturated heterocycles. The maximum Gasteiger partial charge on any atom is 0.162 e. The third kappa shape index (κ3) is 4.73. The van der Waals surface area contributed by atoms with Crippen molar-refractivity contribution in [1.29, 1.82) is 0 Å². The predicted octanol–water partition coefficient (Wildman–Crippen LogP) is 4.02. The Morgan fingerprint density at radius 3 is 2.20 bits per heavy atom. The summed E-state index contributed by atoms with van der Waals surface area (Å²) in [6, 6.07) is 4.48. The number of aryl methyl sites for hydroxylation is 1. The third-order valence-corrected chi connectivity index (χ3v) is 8.64. The molecule has 3 aromatic heterocycles. The zero-order valence-electron chi connectivity index (χ0n) is 21.1. The fraction of sp³-hybridized carbons (Fsp3) is 0.630. The lowest BCUT2D eigenvalue weighted by Crippen LogP contribution is -2.46. The number of fused-ring (bicyclic) bond motifs is 1. The molecule has 35 heavy (non-hydrogen) atoms. The topological polar surface area (TPSA) is 66.2 Å². The van der Waals surface area contributed by atoms with Crippen molar-refractivity contribution in [3.63, 3.8) is 0 Å². The van der Waals surface area contributed by atoms with Gasteiger partial charge in [0.2, 0.25) is 0 Å². The molecule has 0 bridgehead atoms. The Balaban J connectivity index is 1.10. The van der Waals surface area contributed by atoms with E-state index in [-0.39, 0.29) is 0 Å². The van der Waals surface area contributed by atoms with Crippen LogP contribution in [0.3, 0.4) is 0 Å². The molecule has 8 heteroatoms. The summed E-state index contributed by atoms with van der Waals surface area (Å²) in [5.74, 6) is 2.23. The van der Waals surface area contributed by atoms with E-state index < -0.39 is 0 Å². The molecule has 3 aliphatic heterocycles. The summed E-state index contributed by atoms with van der Waals surface area (Å²) >= 11 is 0. The summed E-state index contributed by atoms with van der Waals surface area (Å²) in [6.45, 7) is 7.73. The van der Waals surface area contributed by atoms with Crippen LogP contribution in [0.4, 0.5) is 11.6 Å². The second kappa shape index (κ2) is 9.72. The van der Waals surface area contributed by atoms with Gasteiger partial charge >= 0.3 is 0 Å². The van der Waals surface area contributed by atoms with Crippen LogP contribution in [-0.4, -0.2) is 68.9 Å². The van der Waals surface area contributed by atoms with Crippen molar-refractivity contribution in [2.45, 2.75) is 57.9 Å². The van der Waals surface area contributed by atoms with Crippen LogP contribution in [0.5, 0.6) is 0 Å². The largest absolute Gasteiger partial charge is 0.357 e. The molecule has 0 amide bonds. The van der Waals surface area contributed by atoms with Crippen LogP contribution in [0.25, 0.3) is 11.0 Å². The van der Waals surface area contributed by atoms with Gasteiger partial charge in [0.15, 0.2) is 11.5 Å². The highest BCUT2D eigenvalue weighted by Crippen LogP contribution is 2.43. The molecule has 0 aromatic carbocycles. The van der Waals surface area contributed by atoms with Gasteiger partial charge in [-0.05, 0) is 69.2 Å². The number of anilines is 2. The molecule has 0 N–H and O–H groups in total. The van der Waals surface area contributed by atoms with Crippen LogP contribution in [0.15, 0.2) is 30.9 Å². The molecule has 0 aliphatic carbocycles. The number of nitrogens with zero attached hydrogens (tertiary/aromatic N) is 8. The lowest BCUT2D eigenvalue weighted by atomic mass is 9.71. The highest BCUT2D eigenvalue weighted by Gasteiger charge is 2.38. The fourth-order valence-corrected chi connectivity index (χ4v) is 6.36. The van der Waals surface area contributed by atoms with E-state index in [9.17, 15) is 0 Å². The fourth-order valence-electron chi connectivity index (χ4n) is 6.36. The lowest BCUT2D eigenvalue weighted by molar-refractivity contribution is 0.0756. The second-order valence-corrected chi connectivity index (χ2v) is 10.9. The van der Waals surface area contributed by atoms with Crippen molar-refractivity contribution < 1.29 is 0 Å². The van der Waals surface area contributed by atoms with E-state index in [4.69, 9.17) is 10.1 Å². The first-order valence-corrected chi connectivity index (χ1v) is 13.5. The SMILES string of the molecule is Cn1nc(N2CCC3(CCN(Cc4cncnc4)CC3)CC2)c2ccc(N3CCCCCC3)nc21. The van der Waals surface area contributed by atoms with Crippen LogP contribution >= 0.6 is 0 Å². The molecule has 186 valence electrons. The zero-order chi connectivity index (χ0) is 23.7. The number of hydrogen-bond acceptors (Lipinski definition) is 7. The molecule has 6 rings (SSSR count). The Bertz CT molecular complexity index is 1120. The average Bonchev–Trinajstić information content (AvgIpc) is 3.06. The maximum absolute atomic E-state index is 5.07. The van der Waals surface area contributed by atoms with Crippen molar-refractivity contribution >= 4 is 22.7 Å². The lowest BCUT2D eigenvalue weighted by Gasteiger charge is -2.47. The van der Waals surface area contributed by atoms with E-state index in [0.29, 0.717) is 5.41 Å². The van der Waals surface area contributed by atoms with Gasteiger partial charge in [0.25, 0.3) is 0 Å². The Hall–Kier alpha value is -2.74. The minimum atomic E-state index is 0.489. The number of rotatable bonds is 4. The second-order valence-electron chi connectivity index (χ2n) is 10.9. The van der Waals surface area contributed by atoms with Gasteiger partial charge in [0.05, 0.1) is 5.39 Å². The molecular formula is C27H38N8. The Morgan fingerprint density at radius 1 is 0.800 bits per heavy atom. The van der Waals surface area contributed by atoms with Gasteiger partial charge in [-0.25, -0.2) is 19.6 Å². The predicted molar refractivity (Wildman–Crippen MR) is 140 cm³/mol. The van der Waals surface area contributed by atoms with Gasteiger partial charge in [0.1, 0.15) is 12.1 Å². The molecule has 1 spiro atoms. The number of hydrogen-bond donors (Lipinski definition) is 0. The first-order chi connectivity index (χ1) is 17.2. The summed E-state index contributed by atoms with van der Waals surface area (Å²) in [6.07, 6.45) is 15.8. The van der Waals surface area contributed by atoms with Gasteiger partial charge in [0, 0.05) is 57.7 Å². The highest BCUT2D eigenvalue weighted by molar-refractivity contribution is 5.89. The number of aromatic nitrogens is 5. The molecule has 0 unspecified atom stereocenters. The van der Waals surface area contributed by atoms with Gasteiger partial charge in [-0.3, -0.25) is 4.90 Å². The van der Waals surface area contributed by atoms with Crippen molar-refractivity contribution in [1.82, 2.24) is 29.6 Å². The van der Waals surface area contributed by atoms with Crippen LogP contribution in [-0.2, 0) is 13.6 Å². The minimum absolute atomic E-state index is 0.489. The third-order valence-electron chi connectivity index (χ3n) is 8.64. The summed E-state index contributed by atoms with van der Waals surface area (Å²) in [7, 11) is 2.05. The van der Waals surface area contributed by atoms with E-state index >= 15 is 0 Å². The quantitative estimate of drug-likeness (QED) is 0.566. The summed E-state index contributed by atoms with van der Waals surface area (Å²) in [5.41, 5.74) is 2.72. The van der Waals surface area contributed by atoms with E-state index in [1.54, 1.807) is 6.33 Å². The van der Waals surface area contributed by atoms with Crippen LogP contribution in [0.2, 0.25) is 0 Å². The summed E-state index contributed by atoms with van der Waals surface area (Å²) in [5, 5.41) is 6.15. The molecule has 3 aliphatic rings. The van der Waals surface area contributed by atoms with Crippen molar-refractivity contribution in [2.24, 2.45) is 12.5 Å². The molecule has 3 fully saturated rings. The smallest absolute Gasteiger partial charge is 0.162 e. The highest BCUT2D eigenvalue weighted by atomic mass is 15.4. The molecule has 0 atom stereocenters. The van der Waals surface area contributed by atoms with Crippen molar-refractivity contribution in [3.05, 3.63) is 36.4 Å². The number of piperidine rings is 2. The normalized spacial score (nSPS) is 21.5.